The average Bonchev–Trinajstić information content (AvgIpc) is 2.16. The van der Waals surface area contributed by atoms with E-state index in [1.165, 1.54) is 11.8 Å². The topological polar surface area (TPSA) is 43.1 Å². The van der Waals surface area contributed by atoms with Gasteiger partial charge in [-0.25, -0.2) is 0 Å². The summed E-state index contributed by atoms with van der Waals surface area (Å²) in [7, 11) is 0. The van der Waals surface area contributed by atoms with Crippen LogP contribution in [0.15, 0.2) is 35.2 Å². The van der Waals surface area contributed by atoms with Crippen LogP contribution in [0.1, 0.15) is 6.92 Å². The number of primary amides is 1. The van der Waals surface area contributed by atoms with Gasteiger partial charge in [-0.1, -0.05) is 18.2 Å². The molecule has 4 heteroatoms. The van der Waals surface area contributed by atoms with Gasteiger partial charge in [-0.05, 0) is 19.1 Å². The molecule has 1 aromatic rings. The van der Waals surface area contributed by atoms with Crippen molar-refractivity contribution in [2.24, 2.45) is 5.73 Å². The van der Waals surface area contributed by atoms with Crippen molar-refractivity contribution < 1.29 is 4.79 Å². The van der Waals surface area contributed by atoms with Gasteiger partial charge in [-0.2, -0.15) is 0 Å². The highest BCUT2D eigenvalue weighted by Gasteiger charge is 2.27. The summed E-state index contributed by atoms with van der Waals surface area (Å²) in [6.07, 6.45) is 0. The molecule has 76 valence electrons. The summed E-state index contributed by atoms with van der Waals surface area (Å²) in [5.74, 6) is -0.00364. The molecule has 1 aromatic carbocycles. The molecule has 1 atom stereocenters. The summed E-state index contributed by atoms with van der Waals surface area (Å²) >= 11 is 7.45. The first-order valence-electron chi connectivity index (χ1n) is 4.19. The van der Waals surface area contributed by atoms with Crippen LogP contribution in [-0.2, 0) is 4.79 Å². The summed E-state index contributed by atoms with van der Waals surface area (Å²) in [5.41, 5.74) is 5.15. The largest absolute Gasteiger partial charge is 0.368 e. The van der Waals surface area contributed by atoms with E-state index in [9.17, 15) is 4.79 Å². The number of carbonyl (C=O) groups excluding carboxylic acids is 1. The summed E-state index contributed by atoms with van der Waals surface area (Å²) < 4.78 is 0. The fourth-order valence-corrected chi connectivity index (χ4v) is 1.90. The maximum atomic E-state index is 10.9. The summed E-state index contributed by atoms with van der Waals surface area (Å²) in [6, 6.07) is 9.77. The number of halogens is 1. The van der Waals surface area contributed by atoms with E-state index in [1.807, 2.05) is 30.3 Å². The van der Waals surface area contributed by atoms with Gasteiger partial charge in [0.25, 0.3) is 0 Å². The highest BCUT2D eigenvalue weighted by atomic mass is 35.5. The van der Waals surface area contributed by atoms with Crippen LogP contribution in [0.2, 0.25) is 0 Å². The van der Waals surface area contributed by atoms with Crippen molar-refractivity contribution in [3.63, 3.8) is 0 Å². The molecule has 1 unspecified atom stereocenters. The fourth-order valence-electron chi connectivity index (χ4n) is 0.807. The molecule has 0 aliphatic rings. The van der Waals surface area contributed by atoms with Crippen LogP contribution >= 0.6 is 23.4 Å². The Hall–Kier alpha value is -0.670. The number of carbonyl (C=O) groups is 1. The van der Waals surface area contributed by atoms with Gasteiger partial charge in [0.05, 0.1) is 0 Å². The summed E-state index contributed by atoms with van der Waals surface area (Å²) in [4.78, 5) is 11.0. The van der Waals surface area contributed by atoms with Crippen molar-refractivity contribution in [1.29, 1.82) is 0 Å². The number of amides is 1. The van der Waals surface area contributed by atoms with Gasteiger partial charge in [0.2, 0.25) is 5.91 Å². The van der Waals surface area contributed by atoms with Crippen molar-refractivity contribution in [2.75, 3.05) is 5.75 Å². The molecule has 0 heterocycles. The first kappa shape index (κ1) is 11.4. The molecule has 0 aromatic heterocycles. The van der Waals surface area contributed by atoms with Crippen LogP contribution in [0.5, 0.6) is 0 Å². The normalized spacial score (nSPS) is 14.7. The Kier molecular flexibility index (Phi) is 3.84. The zero-order chi connectivity index (χ0) is 10.6. The van der Waals surface area contributed by atoms with E-state index in [4.69, 9.17) is 17.3 Å². The second-order valence-corrected chi connectivity index (χ2v) is 5.05. The number of nitrogens with two attached hydrogens (primary N) is 1. The molecule has 2 N–H and O–H groups in total. The predicted octanol–water partition coefficient (Wildman–Crippen LogP) is 2.26. The minimum absolute atomic E-state index is 0.480. The van der Waals surface area contributed by atoms with Crippen molar-refractivity contribution in [1.82, 2.24) is 0 Å². The zero-order valence-corrected chi connectivity index (χ0v) is 9.44. The molecule has 1 rings (SSSR count). The maximum Gasteiger partial charge on any atom is 0.239 e. The highest BCUT2D eigenvalue weighted by molar-refractivity contribution is 7.99. The molecular weight excluding hydrogens is 218 g/mol. The standard InChI is InChI=1S/C10H12ClNOS/c1-10(11,9(12)13)7-14-8-5-3-2-4-6-8/h2-6H,7H2,1H3,(H2,12,13). The maximum absolute atomic E-state index is 10.9. The molecular formula is C10H12ClNOS. The molecule has 2 nitrogen and oxygen atoms in total. The van der Waals surface area contributed by atoms with Gasteiger partial charge in [-0.15, -0.1) is 23.4 Å². The third kappa shape index (κ3) is 3.24. The Morgan fingerprint density at radius 2 is 2.07 bits per heavy atom. The number of alkyl halides is 1. The van der Waals surface area contributed by atoms with E-state index in [0.29, 0.717) is 5.75 Å². The van der Waals surface area contributed by atoms with Gasteiger partial charge in [0, 0.05) is 10.6 Å². The van der Waals surface area contributed by atoms with E-state index in [0.717, 1.165) is 4.90 Å². The molecule has 1 amide bonds. The van der Waals surface area contributed by atoms with E-state index < -0.39 is 10.8 Å². The number of rotatable bonds is 4. The summed E-state index contributed by atoms with van der Waals surface area (Å²) in [5, 5.41) is 0. The second-order valence-electron chi connectivity index (χ2n) is 3.16. The first-order valence-corrected chi connectivity index (χ1v) is 5.55. The fraction of sp³-hybridized carbons (Fsp3) is 0.300. The van der Waals surface area contributed by atoms with Gasteiger partial charge < -0.3 is 5.73 Å². The first-order chi connectivity index (χ1) is 6.52. The highest BCUT2D eigenvalue weighted by Crippen LogP contribution is 2.26. The van der Waals surface area contributed by atoms with Gasteiger partial charge in [-0.3, -0.25) is 4.79 Å². The Labute approximate surface area is 92.8 Å². The number of hydrogen-bond acceptors (Lipinski definition) is 2. The Morgan fingerprint density at radius 3 is 2.57 bits per heavy atom. The van der Waals surface area contributed by atoms with E-state index >= 15 is 0 Å². The molecule has 0 saturated heterocycles. The number of hydrogen-bond donors (Lipinski definition) is 1. The van der Waals surface area contributed by atoms with Crippen molar-refractivity contribution in [3.8, 4) is 0 Å². The van der Waals surface area contributed by atoms with Gasteiger partial charge in [0.1, 0.15) is 4.87 Å². The van der Waals surface area contributed by atoms with Crippen molar-refractivity contribution in [3.05, 3.63) is 30.3 Å². The smallest absolute Gasteiger partial charge is 0.239 e. The van der Waals surface area contributed by atoms with Crippen LogP contribution in [0.4, 0.5) is 0 Å². The number of benzene rings is 1. The lowest BCUT2D eigenvalue weighted by Gasteiger charge is -2.16. The van der Waals surface area contributed by atoms with E-state index in [-0.39, 0.29) is 0 Å². The molecule has 0 bridgehead atoms. The van der Waals surface area contributed by atoms with Crippen molar-refractivity contribution in [2.45, 2.75) is 16.7 Å². The lowest BCUT2D eigenvalue weighted by Crippen LogP contribution is -2.37. The molecule has 0 radical (unpaired) electrons. The quantitative estimate of drug-likeness (QED) is 0.636. The average molecular weight is 230 g/mol. The minimum atomic E-state index is -0.972. The second kappa shape index (κ2) is 4.71. The van der Waals surface area contributed by atoms with Crippen LogP contribution in [-0.4, -0.2) is 16.5 Å². The Balaban J connectivity index is 2.53. The SMILES string of the molecule is CC(Cl)(CSc1ccccc1)C(N)=O. The van der Waals surface area contributed by atoms with Gasteiger partial charge >= 0.3 is 0 Å². The Morgan fingerprint density at radius 1 is 1.50 bits per heavy atom. The molecule has 0 saturated carbocycles. The molecule has 0 spiro atoms. The van der Waals surface area contributed by atoms with Crippen LogP contribution < -0.4 is 5.73 Å². The third-order valence-corrected chi connectivity index (χ3v) is 3.57. The third-order valence-electron chi connectivity index (χ3n) is 1.77. The lowest BCUT2D eigenvalue weighted by atomic mass is 10.2. The van der Waals surface area contributed by atoms with Crippen molar-refractivity contribution >= 4 is 29.3 Å². The zero-order valence-electron chi connectivity index (χ0n) is 7.87. The predicted molar refractivity (Wildman–Crippen MR) is 60.6 cm³/mol. The van der Waals surface area contributed by atoms with Crippen LogP contribution in [0.25, 0.3) is 0 Å². The van der Waals surface area contributed by atoms with E-state index in [2.05, 4.69) is 0 Å². The van der Waals surface area contributed by atoms with Crippen LogP contribution in [0, 0.1) is 0 Å². The van der Waals surface area contributed by atoms with Gasteiger partial charge in [0.15, 0.2) is 0 Å². The molecule has 0 aliphatic heterocycles. The Bertz CT molecular complexity index is 313. The summed E-state index contributed by atoms with van der Waals surface area (Å²) in [6.45, 7) is 1.63. The minimum Gasteiger partial charge on any atom is -0.368 e. The molecule has 0 aliphatic carbocycles. The van der Waals surface area contributed by atoms with E-state index in [1.54, 1.807) is 6.92 Å². The number of thioether (sulfide) groups is 1. The van der Waals surface area contributed by atoms with Crippen LogP contribution in [0.3, 0.4) is 0 Å². The molecule has 0 fully saturated rings. The molecule has 14 heavy (non-hydrogen) atoms. The monoisotopic (exact) mass is 229 g/mol. The lowest BCUT2D eigenvalue weighted by molar-refractivity contribution is -0.119.